The fourth-order valence-corrected chi connectivity index (χ4v) is 1.85. The molecule has 0 unspecified atom stereocenters. The van der Waals surface area contributed by atoms with E-state index < -0.39 is 0 Å². The number of hydrogen-bond acceptors (Lipinski definition) is 4. The van der Waals surface area contributed by atoms with E-state index in [2.05, 4.69) is 10.3 Å². The molecule has 2 aromatic rings. The zero-order valence-corrected chi connectivity index (χ0v) is 11.7. The summed E-state index contributed by atoms with van der Waals surface area (Å²) in [5, 5.41) is 2.82. The van der Waals surface area contributed by atoms with Gasteiger partial charge in [-0.1, -0.05) is 12.1 Å². The van der Waals surface area contributed by atoms with Crippen molar-refractivity contribution in [3.05, 3.63) is 47.7 Å². The maximum atomic E-state index is 11.8. The first-order valence-corrected chi connectivity index (χ1v) is 6.48. The van der Waals surface area contributed by atoms with Gasteiger partial charge < -0.3 is 14.5 Å². The molecule has 5 nitrogen and oxygen atoms in total. The molecule has 106 valence electrons. The van der Waals surface area contributed by atoms with E-state index in [4.69, 9.17) is 9.15 Å². The predicted octanol–water partition coefficient (Wildman–Crippen LogP) is 2.24. The topological polar surface area (TPSA) is 64.4 Å². The van der Waals surface area contributed by atoms with E-state index in [0.717, 1.165) is 17.0 Å². The van der Waals surface area contributed by atoms with Crippen molar-refractivity contribution < 1.29 is 13.9 Å². The molecule has 0 atom stereocenters. The van der Waals surface area contributed by atoms with Crippen molar-refractivity contribution in [3.63, 3.8) is 0 Å². The molecule has 0 radical (unpaired) electrons. The number of aromatic nitrogens is 1. The zero-order valence-electron chi connectivity index (χ0n) is 11.7. The highest BCUT2D eigenvalue weighted by molar-refractivity contribution is 5.76. The minimum atomic E-state index is -0.00604. The average Bonchev–Trinajstić information content (AvgIpc) is 2.89. The maximum Gasteiger partial charge on any atom is 0.220 e. The van der Waals surface area contributed by atoms with Crippen LogP contribution in [0, 0.1) is 6.92 Å². The van der Waals surface area contributed by atoms with Gasteiger partial charge in [0.05, 0.1) is 19.3 Å². The molecule has 0 saturated carbocycles. The third-order valence-corrected chi connectivity index (χ3v) is 2.91. The Morgan fingerprint density at radius 1 is 1.45 bits per heavy atom. The van der Waals surface area contributed by atoms with Gasteiger partial charge in [0.1, 0.15) is 12.0 Å². The van der Waals surface area contributed by atoms with Gasteiger partial charge in [0.15, 0.2) is 5.89 Å². The van der Waals surface area contributed by atoms with Crippen LogP contribution in [0.15, 0.2) is 34.9 Å². The summed E-state index contributed by atoms with van der Waals surface area (Å²) in [5.74, 6) is 1.40. The molecule has 5 heteroatoms. The first kappa shape index (κ1) is 14.1. The third-order valence-electron chi connectivity index (χ3n) is 2.91. The first-order valence-electron chi connectivity index (χ1n) is 6.48. The molecular weight excluding hydrogens is 256 g/mol. The van der Waals surface area contributed by atoms with Gasteiger partial charge in [-0.3, -0.25) is 4.79 Å². The first-order chi connectivity index (χ1) is 9.67. The third kappa shape index (κ3) is 4.12. The van der Waals surface area contributed by atoms with Gasteiger partial charge in [-0.25, -0.2) is 4.98 Å². The number of nitrogens with zero attached hydrogens (tertiary/aromatic N) is 1. The minimum absolute atomic E-state index is 0.00604. The molecule has 0 aliphatic rings. The molecule has 2 rings (SSSR count). The number of rotatable bonds is 6. The van der Waals surface area contributed by atoms with Crippen molar-refractivity contribution in [1.29, 1.82) is 0 Å². The van der Waals surface area contributed by atoms with Crippen molar-refractivity contribution in [1.82, 2.24) is 10.3 Å². The number of hydrogen-bond donors (Lipinski definition) is 1. The molecule has 1 aromatic heterocycles. The van der Waals surface area contributed by atoms with Crippen molar-refractivity contribution >= 4 is 5.91 Å². The van der Waals surface area contributed by atoms with Crippen LogP contribution in [-0.2, 0) is 17.8 Å². The maximum absolute atomic E-state index is 11.8. The fraction of sp³-hybridized carbons (Fsp3) is 0.333. The molecule has 1 N–H and O–H groups in total. The Morgan fingerprint density at radius 2 is 2.30 bits per heavy atom. The van der Waals surface area contributed by atoms with Crippen LogP contribution in [0.25, 0.3) is 0 Å². The van der Waals surface area contributed by atoms with Gasteiger partial charge in [-0.15, -0.1) is 0 Å². The lowest BCUT2D eigenvalue weighted by molar-refractivity contribution is -0.121. The molecule has 0 aliphatic carbocycles. The van der Waals surface area contributed by atoms with Crippen molar-refractivity contribution in [3.8, 4) is 5.75 Å². The summed E-state index contributed by atoms with van der Waals surface area (Å²) in [7, 11) is 1.63. The van der Waals surface area contributed by atoms with Gasteiger partial charge in [0, 0.05) is 13.3 Å². The number of ether oxygens (including phenoxy) is 1. The van der Waals surface area contributed by atoms with Crippen LogP contribution in [0.5, 0.6) is 5.75 Å². The highest BCUT2D eigenvalue weighted by atomic mass is 16.5. The number of aryl methyl sites for hydroxylation is 2. The summed E-state index contributed by atoms with van der Waals surface area (Å²) < 4.78 is 10.2. The van der Waals surface area contributed by atoms with E-state index in [-0.39, 0.29) is 5.91 Å². The molecule has 1 amide bonds. The minimum Gasteiger partial charge on any atom is -0.497 e. The van der Waals surface area contributed by atoms with Crippen LogP contribution in [0.1, 0.15) is 23.6 Å². The van der Waals surface area contributed by atoms with E-state index >= 15 is 0 Å². The number of benzene rings is 1. The van der Waals surface area contributed by atoms with Crippen molar-refractivity contribution in [2.45, 2.75) is 26.3 Å². The lowest BCUT2D eigenvalue weighted by Gasteiger charge is -2.05. The normalized spacial score (nSPS) is 10.3. The Bertz CT molecular complexity index is 578. The summed E-state index contributed by atoms with van der Waals surface area (Å²) in [6.45, 7) is 2.17. The second kappa shape index (κ2) is 6.75. The Balaban J connectivity index is 1.77. The summed E-state index contributed by atoms with van der Waals surface area (Å²) in [5.41, 5.74) is 1.81. The van der Waals surface area contributed by atoms with Gasteiger partial charge in [0.25, 0.3) is 0 Å². The number of oxazole rings is 1. The SMILES string of the molecule is COc1cccc(CCC(=O)NCc2coc(C)n2)c1. The smallest absolute Gasteiger partial charge is 0.220 e. The average molecular weight is 274 g/mol. The van der Waals surface area contributed by atoms with Crippen LogP contribution in [0.3, 0.4) is 0 Å². The summed E-state index contributed by atoms with van der Waals surface area (Å²) >= 11 is 0. The number of carbonyl (C=O) groups excluding carboxylic acids is 1. The lowest BCUT2D eigenvalue weighted by Crippen LogP contribution is -2.23. The van der Waals surface area contributed by atoms with Gasteiger partial charge in [-0.2, -0.15) is 0 Å². The van der Waals surface area contributed by atoms with Crippen LogP contribution in [0.2, 0.25) is 0 Å². The number of amides is 1. The van der Waals surface area contributed by atoms with E-state index in [0.29, 0.717) is 25.3 Å². The van der Waals surface area contributed by atoms with E-state index in [1.807, 2.05) is 24.3 Å². The molecule has 0 spiro atoms. The monoisotopic (exact) mass is 274 g/mol. The van der Waals surface area contributed by atoms with Crippen LogP contribution in [-0.4, -0.2) is 18.0 Å². The van der Waals surface area contributed by atoms with Crippen molar-refractivity contribution in [2.24, 2.45) is 0 Å². The highest BCUT2D eigenvalue weighted by Gasteiger charge is 2.05. The summed E-state index contributed by atoms with van der Waals surface area (Å²) in [4.78, 5) is 15.9. The van der Waals surface area contributed by atoms with Crippen LogP contribution in [0.4, 0.5) is 0 Å². The standard InChI is InChI=1S/C15H18N2O3/c1-11-17-13(10-20-11)9-16-15(18)7-6-12-4-3-5-14(8-12)19-2/h3-5,8,10H,6-7,9H2,1-2H3,(H,16,18). The quantitative estimate of drug-likeness (QED) is 0.877. The Morgan fingerprint density at radius 3 is 3.00 bits per heavy atom. The highest BCUT2D eigenvalue weighted by Crippen LogP contribution is 2.13. The number of nitrogens with one attached hydrogen (secondary N) is 1. The summed E-state index contributed by atoms with van der Waals surface area (Å²) in [6.07, 6.45) is 2.67. The molecule has 0 bridgehead atoms. The van der Waals surface area contributed by atoms with Crippen molar-refractivity contribution in [2.75, 3.05) is 7.11 Å². The Labute approximate surface area is 118 Å². The molecular formula is C15H18N2O3. The van der Waals surface area contributed by atoms with Crippen LogP contribution >= 0.6 is 0 Å². The predicted molar refractivity (Wildman–Crippen MR) is 74.4 cm³/mol. The zero-order chi connectivity index (χ0) is 14.4. The molecule has 1 aromatic carbocycles. The second-order valence-electron chi connectivity index (χ2n) is 4.49. The fourth-order valence-electron chi connectivity index (χ4n) is 1.85. The lowest BCUT2D eigenvalue weighted by atomic mass is 10.1. The van der Waals surface area contributed by atoms with E-state index in [9.17, 15) is 4.79 Å². The Hall–Kier alpha value is -2.30. The van der Waals surface area contributed by atoms with Gasteiger partial charge in [-0.05, 0) is 24.1 Å². The molecule has 0 fully saturated rings. The van der Waals surface area contributed by atoms with Crippen LogP contribution < -0.4 is 10.1 Å². The summed E-state index contributed by atoms with van der Waals surface area (Å²) in [6, 6.07) is 7.73. The number of carbonyl (C=O) groups is 1. The van der Waals surface area contributed by atoms with E-state index in [1.54, 1.807) is 20.3 Å². The van der Waals surface area contributed by atoms with Gasteiger partial charge in [0.2, 0.25) is 5.91 Å². The molecule has 1 heterocycles. The largest absolute Gasteiger partial charge is 0.497 e. The Kier molecular flexibility index (Phi) is 4.76. The number of methoxy groups -OCH3 is 1. The molecule has 20 heavy (non-hydrogen) atoms. The molecule has 0 aliphatic heterocycles. The molecule has 0 saturated heterocycles. The van der Waals surface area contributed by atoms with Gasteiger partial charge >= 0.3 is 0 Å². The second-order valence-corrected chi connectivity index (χ2v) is 4.49. The van der Waals surface area contributed by atoms with E-state index in [1.165, 1.54) is 0 Å².